The van der Waals surface area contributed by atoms with Gasteiger partial charge in [-0.2, -0.15) is 0 Å². The first-order chi connectivity index (χ1) is 10.1. The summed E-state index contributed by atoms with van der Waals surface area (Å²) in [5.74, 6) is -0.695. The number of nitrogens with zero attached hydrogens (tertiary/aromatic N) is 1. The zero-order chi connectivity index (χ0) is 15.2. The summed E-state index contributed by atoms with van der Waals surface area (Å²) >= 11 is 1.27. The number of hydrogen-bond donors (Lipinski definition) is 2. The quantitative estimate of drug-likeness (QED) is 0.825. The second-order valence-corrected chi connectivity index (χ2v) is 5.11. The minimum atomic E-state index is -0.445. The smallest absolute Gasteiger partial charge is 0.341 e. The number of pyridine rings is 1. The summed E-state index contributed by atoms with van der Waals surface area (Å²) in [4.78, 5) is 27.7. The molecule has 0 saturated carbocycles. The van der Waals surface area contributed by atoms with Crippen molar-refractivity contribution in [2.24, 2.45) is 0 Å². The van der Waals surface area contributed by atoms with Gasteiger partial charge in [0.2, 0.25) is 5.91 Å². The van der Waals surface area contributed by atoms with Gasteiger partial charge in [0.15, 0.2) is 0 Å². The summed E-state index contributed by atoms with van der Waals surface area (Å²) in [6, 6.07) is 5.00. The van der Waals surface area contributed by atoms with Crippen LogP contribution >= 0.6 is 11.3 Å². The molecule has 0 aliphatic heterocycles. The van der Waals surface area contributed by atoms with E-state index in [2.05, 4.69) is 10.3 Å². The lowest BCUT2D eigenvalue weighted by Crippen LogP contribution is -2.16. The van der Waals surface area contributed by atoms with Crippen LogP contribution in [0.2, 0.25) is 0 Å². The summed E-state index contributed by atoms with van der Waals surface area (Å²) in [5.41, 5.74) is 7.05. The van der Waals surface area contributed by atoms with E-state index in [1.807, 2.05) is 0 Å². The average molecular weight is 305 g/mol. The Morgan fingerprint density at radius 1 is 1.38 bits per heavy atom. The van der Waals surface area contributed by atoms with E-state index in [0.717, 1.165) is 0 Å². The zero-order valence-corrected chi connectivity index (χ0v) is 12.3. The van der Waals surface area contributed by atoms with Gasteiger partial charge in [0, 0.05) is 5.69 Å². The number of nitrogens with two attached hydrogens (primary N) is 1. The minimum Gasteiger partial charge on any atom is -0.462 e. The highest BCUT2D eigenvalue weighted by Crippen LogP contribution is 2.24. The van der Waals surface area contributed by atoms with E-state index in [-0.39, 0.29) is 18.9 Å². The molecule has 0 aromatic carbocycles. The molecule has 1 amide bonds. The van der Waals surface area contributed by atoms with Crippen LogP contribution in [-0.4, -0.2) is 23.5 Å². The van der Waals surface area contributed by atoms with Gasteiger partial charge >= 0.3 is 5.97 Å². The predicted octanol–water partition coefficient (Wildman–Crippen LogP) is 2.08. The van der Waals surface area contributed by atoms with Gasteiger partial charge in [-0.05, 0) is 30.5 Å². The fourth-order valence-corrected chi connectivity index (χ4v) is 2.44. The van der Waals surface area contributed by atoms with Gasteiger partial charge in [-0.3, -0.25) is 9.78 Å². The SMILES string of the molecule is CCOC(=O)c1ccsc1NC(=O)Cc1ccc(N)cn1. The van der Waals surface area contributed by atoms with Crippen LogP contribution in [-0.2, 0) is 16.0 Å². The van der Waals surface area contributed by atoms with E-state index in [9.17, 15) is 9.59 Å². The van der Waals surface area contributed by atoms with Gasteiger partial charge in [0.05, 0.1) is 30.5 Å². The number of nitrogens with one attached hydrogen (secondary N) is 1. The zero-order valence-electron chi connectivity index (χ0n) is 11.5. The minimum absolute atomic E-state index is 0.112. The highest BCUT2D eigenvalue weighted by atomic mass is 32.1. The molecule has 0 aliphatic carbocycles. The van der Waals surface area contributed by atoms with Gasteiger partial charge in [0.25, 0.3) is 0 Å². The van der Waals surface area contributed by atoms with Gasteiger partial charge in [-0.25, -0.2) is 4.79 Å². The molecule has 2 aromatic rings. The van der Waals surface area contributed by atoms with Crippen LogP contribution in [0.4, 0.5) is 10.7 Å². The lowest BCUT2D eigenvalue weighted by atomic mass is 10.2. The molecule has 3 N–H and O–H groups in total. The van der Waals surface area contributed by atoms with Crippen LogP contribution in [0, 0.1) is 0 Å². The molecule has 0 radical (unpaired) electrons. The second-order valence-electron chi connectivity index (χ2n) is 4.19. The number of esters is 1. The summed E-state index contributed by atoms with van der Waals surface area (Å²) in [5, 5.41) is 4.91. The molecule has 2 heterocycles. The number of anilines is 2. The summed E-state index contributed by atoms with van der Waals surface area (Å²) in [7, 11) is 0. The number of amides is 1. The maximum absolute atomic E-state index is 12.0. The Morgan fingerprint density at radius 3 is 2.86 bits per heavy atom. The van der Waals surface area contributed by atoms with Crippen LogP contribution in [0.1, 0.15) is 23.0 Å². The largest absolute Gasteiger partial charge is 0.462 e. The number of ether oxygens (including phenoxy) is 1. The Morgan fingerprint density at radius 2 is 2.19 bits per heavy atom. The fraction of sp³-hybridized carbons (Fsp3) is 0.214. The number of carbonyl (C=O) groups excluding carboxylic acids is 2. The van der Waals surface area contributed by atoms with Crippen LogP contribution in [0.15, 0.2) is 29.8 Å². The Balaban J connectivity index is 2.01. The van der Waals surface area contributed by atoms with Crippen LogP contribution < -0.4 is 11.1 Å². The Bertz CT molecular complexity index is 637. The van der Waals surface area contributed by atoms with Crippen LogP contribution in [0.5, 0.6) is 0 Å². The normalized spacial score (nSPS) is 10.1. The third-order valence-electron chi connectivity index (χ3n) is 2.60. The maximum Gasteiger partial charge on any atom is 0.341 e. The maximum atomic E-state index is 12.0. The number of nitrogen functional groups attached to an aromatic ring is 1. The molecule has 2 aromatic heterocycles. The molecule has 0 spiro atoms. The Hall–Kier alpha value is -2.41. The Kier molecular flexibility index (Phi) is 4.89. The van der Waals surface area contributed by atoms with Crippen LogP contribution in [0.25, 0.3) is 0 Å². The van der Waals surface area contributed by atoms with Gasteiger partial charge in [-0.1, -0.05) is 0 Å². The number of carbonyl (C=O) groups is 2. The van der Waals surface area contributed by atoms with Crippen molar-refractivity contribution in [3.63, 3.8) is 0 Å². The number of thiophene rings is 1. The molecule has 110 valence electrons. The molecule has 2 rings (SSSR count). The van der Waals surface area contributed by atoms with Crippen molar-refractivity contribution >= 4 is 33.9 Å². The average Bonchev–Trinajstić information content (AvgIpc) is 2.90. The van der Waals surface area contributed by atoms with Gasteiger partial charge in [-0.15, -0.1) is 11.3 Å². The fourth-order valence-electron chi connectivity index (χ4n) is 1.65. The molecule has 6 nitrogen and oxygen atoms in total. The van der Waals surface area contributed by atoms with Crippen molar-refractivity contribution in [3.8, 4) is 0 Å². The van der Waals surface area contributed by atoms with Crippen molar-refractivity contribution in [2.75, 3.05) is 17.7 Å². The van der Waals surface area contributed by atoms with E-state index in [4.69, 9.17) is 10.5 Å². The molecular formula is C14H15N3O3S. The van der Waals surface area contributed by atoms with E-state index in [0.29, 0.717) is 21.9 Å². The highest BCUT2D eigenvalue weighted by molar-refractivity contribution is 7.14. The third-order valence-corrected chi connectivity index (χ3v) is 3.43. The van der Waals surface area contributed by atoms with Crippen molar-refractivity contribution in [1.29, 1.82) is 0 Å². The van der Waals surface area contributed by atoms with Crippen molar-refractivity contribution in [2.45, 2.75) is 13.3 Å². The molecular weight excluding hydrogens is 290 g/mol. The van der Waals surface area contributed by atoms with E-state index in [1.165, 1.54) is 17.5 Å². The molecule has 7 heteroatoms. The highest BCUT2D eigenvalue weighted by Gasteiger charge is 2.16. The molecule has 21 heavy (non-hydrogen) atoms. The monoisotopic (exact) mass is 305 g/mol. The second kappa shape index (κ2) is 6.85. The lowest BCUT2D eigenvalue weighted by molar-refractivity contribution is -0.115. The van der Waals surface area contributed by atoms with Crippen molar-refractivity contribution in [3.05, 3.63) is 41.0 Å². The van der Waals surface area contributed by atoms with Crippen molar-refractivity contribution in [1.82, 2.24) is 4.98 Å². The van der Waals surface area contributed by atoms with E-state index in [1.54, 1.807) is 30.5 Å². The standard InChI is InChI=1S/C14H15N3O3S/c1-2-20-14(19)11-5-6-21-13(11)17-12(18)7-10-4-3-9(15)8-16-10/h3-6,8H,2,7,15H2,1H3,(H,17,18). The predicted molar refractivity (Wildman–Crippen MR) is 81.3 cm³/mol. The first-order valence-corrected chi connectivity index (χ1v) is 7.23. The van der Waals surface area contributed by atoms with Gasteiger partial charge in [0.1, 0.15) is 5.00 Å². The van der Waals surface area contributed by atoms with Crippen molar-refractivity contribution < 1.29 is 14.3 Å². The van der Waals surface area contributed by atoms with E-state index >= 15 is 0 Å². The summed E-state index contributed by atoms with van der Waals surface area (Å²) in [6.45, 7) is 2.02. The lowest BCUT2D eigenvalue weighted by Gasteiger charge is -2.06. The van der Waals surface area contributed by atoms with Crippen LogP contribution in [0.3, 0.4) is 0 Å². The number of rotatable bonds is 5. The van der Waals surface area contributed by atoms with E-state index < -0.39 is 5.97 Å². The molecule has 0 saturated heterocycles. The molecule has 0 bridgehead atoms. The molecule has 0 unspecified atom stereocenters. The Labute approximate surface area is 125 Å². The first kappa shape index (κ1) is 15.0. The molecule has 0 atom stereocenters. The number of hydrogen-bond acceptors (Lipinski definition) is 6. The molecule has 0 fully saturated rings. The molecule has 0 aliphatic rings. The third kappa shape index (κ3) is 4.03. The first-order valence-electron chi connectivity index (χ1n) is 6.35. The topological polar surface area (TPSA) is 94.3 Å². The number of aromatic nitrogens is 1. The van der Waals surface area contributed by atoms with Gasteiger partial charge < -0.3 is 15.8 Å². The summed E-state index contributed by atoms with van der Waals surface area (Å²) in [6.07, 6.45) is 1.61. The summed E-state index contributed by atoms with van der Waals surface area (Å²) < 4.78 is 4.93.